The van der Waals surface area contributed by atoms with E-state index in [9.17, 15) is 4.79 Å². The van der Waals surface area contributed by atoms with Gasteiger partial charge in [-0.25, -0.2) is 0 Å². The summed E-state index contributed by atoms with van der Waals surface area (Å²) in [6, 6.07) is 0. The molecule has 0 unspecified atom stereocenters. The molecule has 2 heteroatoms. The zero-order chi connectivity index (χ0) is 9.19. The molecule has 0 atom stereocenters. The van der Waals surface area contributed by atoms with Gasteiger partial charge in [0.25, 0.3) is 0 Å². The molecule has 0 saturated carbocycles. The van der Waals surface area contributed by atoms with E-state index in [0.717, 1.165) is 13.0 Å². The lowest BCUT2D eigenvalue weighted by molar-refractivity contribution is -0.117. The van der Waals surface area contributed by atoms with Crippen molar-refractivity contribution in [2.45, 2.75) is 45.6 Å². The van der Waals surface area contributed by atoms with Crippen LogP contribution < -0.4 is 0 Å². The van der Waals surface area contributed by atoms with Crippen LogP contribution in [0.3, 0.4) is 0 Å². The number of nitrogens with zero attached hydrogens (tertiary/aromatic N) is 1. The molecule has 2 nitrogen and oxygen atoms in total. The minimum Gasteiger partial charge on any atom is -0.298 e. The van der Waals surface area contributed by atoms with Gasteiger partial charge in [-0.1, -0.05) is 13.3 Å². The Hall–Kier alpha value is -0.370. The highest BCUT2D eigenvalue weighted by Crippen LogP contribution is 2.25. The van der Waals surface area contributed by atoms with Crippen LogP contribution in [0.4, 0.5) is 0 Å². The summed E-state index contributed by atoms with van der Waals surface area (Å²) in [5, 5.41) is 0. The van der Waals surface area contributed by atoms with E-state index in [1.54, 1.807) is 0 Å². The fourth-order valence-corrected chi connectivity index (χ4v) is 1.81. The van der Waals surface area contributed by atoms with Gasteiger partial charge >= 0.3 is 0 Å². The molecule has 1 saturated heterocycles. The van der Waals surface area contributed by atoms with Crippen molar-refractivity contribution in [3.8, 4) is 0 Å². The van der Waals surface area contributed by atoms with Crippen LogP contribution in [0.15, 0.2) is 0 Å². The first kappa shape index (κ1) is 9.72. The second-order valence-corrected chi connectivity index (χ2v) is 4.30. The monoisotopic (exact) mass is 169 g/mol. The zero-order valence-corrected chi connectivity index (χ0v) is 8.39. The Morgan fingerprint density at radius 2 is 2.17 bits per heavy atom. The van der Waals surface area contributed by atoms with Crippen LogP contribution in [0.5, 0.6) is 0 Å². The van der Waals surface area contributed by atoms with Crippen LogP contribution in [0.2, 0.25) is 0 Å². The SMILES string of the molecule is CCCCN1CC(=O)CC1(C)C. The Bertz CT molecular complexity index is 175. The third kappa shape index (κ3) is 2.07. The summed E-state index contributed by atoms with van der Waals surface area (Å²) < 4.78 is 0. The first-order chi connectivity index (χ1) is 5.56. The maximum absolute atomic E-state index is 11.2. The molecule has 0 radical (unpaired) electrons. The summed E-state index contributed by atoms with van der Waals surface area (Å²) in [5.74, 6) is 0.399. The molecule has 0 aliphatic carbocycles. The van der Waals surface area contributed by atoms with E-state index in [2.05, 4.69) is 25.7 Å². The normalized spacial score (nSPS) is 23.4. The molecule has 70 valence electrons. The van der Waals surface area contributed by atoms with Crippen molar-refractivity contribution in [2.75, 3.05) is 13.1 Å². The van der Waals surface area contributed by atoms with Crippen LogP contribution in [0.25, 0.3) is 0 Å². The molecule has 1 heterocycles. The van der Waals surface area contributed by atoms with Crippen molar-refractivity contribution in [1.82, 2.24) is 4.90 Å². The topological polar surface area (TPSA) is 20.3 Å². The van der Waals surface area contributed by atoms with Crippen molar-refractivity contribution >= 4 is 5.78 Å². The average molecular weight is 169 g/mol. The number of carbonyl (C=O) groups is 1. The van der Waals surface area contributed by atoms with E-state index in [4.69, 9.17) is 0 Å². The second-order valence-electron chi connectivity index (χ2n) is 4.30. The molecule has 0 N–H and O–H groups in total. The van der Waals surface area contributed by atoms with Gasteiger partial charge in [0, 0.05) is 12.0 Å². The molecule has 12 heavy (non-hydrogen) atoms. The van der Waals surface area contributed by atoms with Gasteiger partial charge in [-0.05, 0) is 26.8 Å². The number of hydrogen-bond acceptors (Lipinski definition) is 2. The first-order valence-electron chi connectivity index (χ1n) is 4.83. The van der Waals surface area contributed by atoms with E-state index in [-0.39, 0.29) is 5.54 Å². The molecule has 1 fully saturated rings. The van der Waals surface area contributed by atoms with Gasteiger partial charge < -0.3 is 0 Å². The molecule has 0 aromatic rings. The Morgan fingerprint density at radius 3 is 2.58 bits per heavy atom. The van der Waals surface area contributed by atoms with Crippen molar-refractivity contribution in [1.29, 1.82) is 0 Å². The maximum Gasteiger partial charge on any atom is 0.148 e. The average Bonchev–Trinajstić information content (AvgIpc) is 2.20. The van der Waals surface area contributed by atoms with E-state index < -0.39 is 0 Å². The maximum atomic E-state index is 11.2. The number of rotatable bonds is 3. The lowest BCUT2D eigenvalue weighted by Crippen LogP contribution is -2.38. The number of carbonyl (C=O) groups excluding carboxylic acids is 1. The molecule has 0 bridgehead atoms. The highest BCUT2D eigenvalue weighted by Gasteiger charge is 2.36. The number of ketones is 1. The van der Waals surface area contributed by atoms with Crippen LogP contribution in [0.1, 0.15) is 40.0 Å². The quantitative estimate of drug-likeness (QED) is 0.642. The van der Waals surface area contributed by atoms with Gasteiger partial charge in [-0.3, -0.25) is 9.69 Å². The van der Waals surface area contributed by atoms with E-state index in [0.29, 0.717) is 12.3 Å². The van der Waals surface area contributed by atoms with Gasteiger partial charge in [0.15, 0.2) is 0 Å². The van der Waals surface area contributed by atoms with E-state index >= 15 is 0 Å². The number of likely N-dealkylation sites (tertiary alicyclic amines) is 1. The predicted molar refractivity (Wildman–Crippen MR) is 50.2 cm³/mol. The predicted octanol–water partition coefficient (Wildman–Crippen LogP) is 1.84. The van der Waals surface area contributed by atoms with E-state index in [1.165, 1.54) is 12.8 Å². The van der Waals surface area contributed by atoms with Crippen molar-refractivity contribution in [3.63, 3.8) is 0 Å². The van der Waals surface area contributed by atoms with Gasteiger partial charge in [0.2, 0.25) is 0 Å². The van der Waals surface area contributed by atoms with Crippen molar-refractivity contribution in [2.24, 2.45) is 0 Å². The van der Waals surface area contributed by atoms with E-state index in [1.807, 2.05) is 0 Å². The minimum atomic E-state index is 0.117. The van der Waals surface area contributed by atoms with Crippen molar-refractivity contribution in [3.05, 3.63) is 0 Å². The molecule has 1 aliphatic rings. The van der Waals surface area contributed by atoms with Crippen LogP contribution in [0, 0.1) is 0 Å². The largest absolute Gasteiger partial charge is 0.298 e. The third-order valence-corrected chi connectivity index (χ3v) is 2.63. The molecule has 0 aromatic carbocycles. The first-order valence-corrected chi connectivity index (χ1v) is 4.83. The lowest BCUT2D eigenvalue weighted by Gasteiger charge is -2.30. The number of hydrogen-bond donors (Lipinski definition) is 0. The molecule has 0 spiro atoms. The highest BCUT2D eigenvalue weighted by molar-refractivity contribution is 5.83. The molecular weight excluding hydrogens is 150 g/mol. The standard InChI is InChI=1S/C10H19NO/c1-4-5-6-11-8-9(12)7-10(11,2)3/h4-8H2,1-3H3. The zero-order valence-electron chi connectivity index (χ0n) is 8.39. The summed E-state index contributed by atoms with van der Waals surface area (Å²) in [4.78, 5) is 13.5. The van der Waals surface area contributed by atoms with Gasteiger partial charge in [-0.2, -0.15) is 0 Å². The summed E-state index contributed by atoms with van der Waals surface area (Å²) in [6.07, 6.45) is 3.15. The molecule has 0 aromatic heterocycles. The summed E-state index contributed by atoms with van der Waals surface area (Å²) in [6.45, 7) is 8.26. The number of Topliss-reactive ketones (excluding diaryl/α,β-unsaturated/α-hetero) is 1. The smallest absolute Gasteiger partial charge is 0.148 e. The Kier molecular flexibility index (Phi) is 2.89. The summed E-state index contributed by atoms with van der Waals surface area (Å²) in [7, 11) is 0. The fraction of sp³-hybridized carbons (Fsp3) is 0.900. The molecule has 1 aliphatic heterocycles. The third-order valence-electron chi connectivity index (χ3n) is 2.63. The summed E-state index contributed by atoms with van der Waals surface area (Å²) >= 11 is 0. The molecule has 0 amide bonds. The lowest BCUT2D eigenvalue weighted by atomic mass is 10.0. The molecular formula is C10H19NO. The molecule has 1 rings (SSSR count). The Balaban J connectivity index is 2.47. The highest BCUT2D eigenvalue weighted by atomic mass is 16.1. The fourth-order valence-electron chi connectivity index (χ4n) is 1.81. The Morgan fingerprint density at radius 1 is 1.50 bits per heavy atom. The number of unbranched alkanes of at least 4 members (excludes halogenated alkanes) is 1. The van der Waals surface area contributed by atoms with Gasteiger partial charge in [-0.15, -0.1) is 0 Å². The summed E-state index contributed by atoms with van der Waals surface area (Å²) in [5.41, 5.74) is 0.117. The van der Waals surface area contributed by atoms with Crippen LogP contribution >= 0.6 is 0 Å². The van der Waals surface area contributed by atoms with Gasteiger partial charge in [0.1, 0.15) is 5.78 Å². The van der Waals surface area contributed by atoms with Crippen LogP contribution in [-0.4, -0.2) is 29.3 Å². The van der Waals surface area contributed by atoms with Crippen LogP contribution in [-0.2, 0) is 4.79 Å². The van der Waals surface area contributed by atoms with Gasteiger partial charge in [0.05, 0.1) is 6.54 Å². The Labute approximate surface area is 74.9 Å². The van der Waals surface area contributed by atoms with Crippen molar-refractivity contribution < 1.29 is 4.79 Å². The minimum absolute atomic E-state index is 0.117. The second kappa shape index (κ2) is 3.56.